The van der Waals surface area contributed by atoms with E-state index in [1.54, 1.807) is 29.2 Å². The highest BCUT2D eigenvalue weighted by molar-refractivity contribution is 6.30. The molecule has 3 rings (SSSR count). The third kappa shape index (κ3) is 4.81. The molecule has 0 fully saturated rings. The highest BCUT2D eigenvalue weighted by atomic mass is 35.5. The number of benzene rings is 1. The van der Waals surface area contributed by atoms with Crippen molar-refractivity contribution < 1.29 is 18.0 Å². The van der Waals surface area contributed by atoms with Gasteiger partial charge in [0.15, 0.2) is 0 Å². The van der Waals surface area contributed by atoms with Gasteiger partial charge in [-0.2, -0.15) is 13.2 Å². The Balaban J connectivity index is 1.84. The molecule has 30 heavy (non-hydrogen) atoms. The molecule has 1 aliphatic rings. The van der Waals surface area contributed by atoms with E-state index in [0.717, 1.165) is 10.5 Å². The Labute approximate surface area is 177 Å². The highest BCUT2D eigenvalue weighted by Gasteiger charge is 2.38. The average molecular weight is 437 g/mol. The Bertz CT molecular complexity index is 1020. The minimum absolute atomic E-state index is 0.0544. The zero-order valence-corrected chi connectivity index (χ0v) is 17.3. The molecule has 0 saturated heterocycles. The first-order valence-electron chi connectivity index (χ1n) is 9.13. The molecule has 0 spiro atoms. The van der Waals surface area contributed by atoms with Crippen LogP contribution in [0.5, 0.6) is 0 Å². The number of amidine groups is 1. The Hall–Kier alpha value is -2.87. The number of amides is 1. The van der Waals surface area contributed by atoms with Gasteiger partial charge in [0, 0.05) is 42.6 Å². The fourth-order valence-electron chi connectivity index (χ4n) is 3.31. The smallest absolute Gasteiger partial charge is 0.351 e. The third-order valence-corrected chi connectivity index (χ3v) is 4.81. The molecule has 2 aromatic rings. The number of hydrogen-bond acceptors (Lipinski definition) is 3. The van der Waals surface area contributed by atoms with Crippen LogP contribution in [0.1, 0.15) is 28.4 Å². The number of pyridine rings is 1. The summed E-state index contributed by atoms with van der Waals surface area (Å²) in [5.41, 5.74) is 2.53. The molecule has 1 aromatic heterocycles. The number of aromatic nitrogens is 1. The van der Waals surface area contributed by atoms with E-state index in [-0.39, 0.29) is 18.1 Å². The quantitative estimate of drug-likeness (QED) is 0.508. The molecule has 2 heterocycles. The first-order valence-corrected chi connectivity index (χ1v) is 9.51. The van der Waals surface area contributed by atoms with Gasteiger partial charge in [0.1, 0.15) is 0 Å². The maximum Gasteiger partial charge on any atom is 0.449 e. The zero-order chi connectivity index (χ0) is 22.1. The van der Waals surface area contributed by atoms with Crippen molar-refractivity contribution in [2.45, 2.75) is 26.1 Å². The number of carbonyl (C=O) groups excluding carboxylic acids is 1. The number of hydrogen-bond donors (Lipinski definition) is 0. The summed E-state index contributed by atoms with van der Waals surface area (Å²) in [4.78, 5) is 23.1. The lowest BCUT2D eigenvalue weighted by Crippen LogP contribution is -2.39. The number of fused-ring (bicyclic) bond motifs is 1. The van der Waals surface area contributed by atoms with E-state index in [4.69, 9.17) is 11.6 Å². The van der Waals surface area contributed by atoms with Crippen molar-refractivity contribution in [1.29, 1.82) is 0 Å². The van der Waals surface area contributed by atoms with Crippen LogP contribution >= 0.6 is 11.6 Å². The van der Waals surface area contributed by atoms with Gasteiger partial charge in [0.2, 0.25) is 5.84 Å². The summed E-state index contributed by atoms with van der Waals surface area (Å²) < 4.78 is 40.0. The summed E-state index contributed by atoms with van der Waals surface area (Å²) in [7, 11) is 1.30. The molecule has 0 atom stereocenters. The Morgan fingerprint density at radius 2 is 2.07 bits per heavy atom. The molecular weight excluding hydrogens is 417 g/mol. The van der Waals surface area contributed by atoms with Gasteiger partial charge < -0.3 is 9.80 Å². The number of alkyl halides is 3. The summed E-state index contributed by atoms with van der Waals surface area (Å²) >= 11 is 6.00. The van der Waals surface area contributed by atoms with Crippen LogP contribution in [-0.2, 0) is 13.0 Å². The van der Waals surface area contributed by atoms with Crippen LogP contribution in [0, 0.1) is 0 Å². The van der Waals surface area contributed by atoms with Crippen molar-refractivity contribution in [3.8, 4) is 0 Å². The van der Waals surface area contributed by atoms with E-state index < -0.39 is 12.0 Å². The maximum absolute atomic E-state index is 13.3. The zero-order valence-electron chi connectivity index (χ0n) is 16.5. The second kappa shape index (κ2) is 8.47. The first-order chi connectivity index (χ1) is 14.1. The molecule has 0 unspecified atom stereocenters. The Kier molecular flexibility index (Phi) is 6.17. The number of anilines is 1. The molecule has 1 amide bonds. The van der Waals surface area contributed by atoms with Crippen LogP contribution < -0.4 is 4.90 Å². The molecule has 1 aromatic carbocycles. The van der Waals surface area contributed by atoms with Crippen molar-refractivity contribution in [2.75, 3.05) is 18.5 Å². The van der Waals surface area contributed by atoms with E-state index >= 15 is 0 Å². The van der Waals surface area contributed by atoms with Gasteiger partial charge in [-0.25, -0.2) is 4.99 Å². The Morgan fingerprint density at radius 1 is 1.33 bits per heavy atom. The molecular formula is C21H20ClF3N4O. The van der Waals surface area contributed by atoms with E-state index in [9.17, 15) is 18.0 Å². The van der Waals surface area contributed by atoms with Crippen molar-refractivity contribution in [1.82, 2.24) is 9.88 Å². The second-order valence-electron chi connectivity index (χ2n) is 7.08. The van der Waals surface area contributed by atoms with Gasteiger partial charge in [0.05, 0.1) is 11.9 Å². The largest absolute Gasteiger partial charge is 0.449 e. The van der Waals surface area contributed by atoms with Crippen molar-refractivity contribution in [3.05, 3.63) is 70.6 Å². The number of rotatable bonds is 4. The maximum atomic E-state index is 13.3. The minimum Gasteiger partial charge on any atom is -0.351 e. The number of halogens is 4. The van der Waals surface area contributed by atoms with E-state index in [1.807, 2.05) is 0 Å². The number of nitrogens with zero attached hydrogens (tertiary/aromatic N) is 4. The van der Waals surface area contributed by atoms with Gasteiger partial charge in [-0.1, -0.05) is 18.2 Å². The van der Waals surface area contributed by atoms with E-state index in [1.165, 1.54) is 26.4 Å². The lowest BCUT2D eigenvalue weighted by Gasteiger charge is -2.29. The standard InChI is InChI=1S/C21H20ClF3N4O/c1-13(2)27-20(21(23,24)25)28(3)12-14-8-17(11-26-10-14)29-7-6-15-9-16(22)4-5-18(15)19(29)30/h4-5,8-11H,1,6-7,12H2,2-3H3. The predicted molar refractivity (Wildman–Crippen MR) is 111 cm³/mol. The van der Waals surface area contributed by atoms with Crippen LogP contribution in [0.25, 0.3) is 0 Å². The van der Waals surface area contributed by atoms with Crippen molar-refractivity contribution >= 4 is 29.0 Å². The summed E-state index contributed by atoms with van der Waals surface area (Å²) in [5.74, 6) is -1.24. The van der Waals surface area contributed by atoms with Gasteiger partial charge in [-0.15, -0.1) is 0 Å². The molecule has 0 aliphatic carbocycles. The van der Waals surface area contributed by atoms with Crippen molar-refractivity contribution in [2.24, 2.45) is 4.99 Å². The van der Waals surface area contributed by atoms with Crippen molar-refractivity contribution in [3.63, 3.8) is 0 Å². The monoisotopic (exact) mass is 436 g/mol. The fraction of sp³-hybridized carbons (Fsp3) is 0.286. The summed E-state index contributed by atoms with van der Waals surface area (Å²) in [6.07, 6.45) is -1.01. The van der Waals surface area contributed by atoms with Crippen LogP contribution in [0.3, 0.4) is 0 Å². The molecule has 5 nitrogen and oxygen atoms in total. The lowest BCUT2D eigenvalue weighted by molar-refractivity contribution is -0.0682. The topological polar surface area (TPSA) is 48.8 Å². The Morgan fingerprint density at radius 3 is 2.73 bits per heavy atom. The molecule has 9 heteroatoms. The van der Waals surface area contributed by atoms with Gasteiger partial charge in [0.25, 0.3) is 5.91 Å². The number of allylic oxidation sites excluding steroid dienone is 1. The normalized spacial score (nSPS) is 14.5. The average Bonchev–Trinajstić information content (AvgIpc) is 2.65. The molecule has 0 saturated carbocycles. The highest BCUT2D eigenvalue weighted by Crippen LogP contribution is 2.27. The molecule has 1 aliphatic heterocycles. The molecule has 0 N–H and O–H groups in total. The van der Waals surface area contributed by atoms with Crippen LogP contribution in [0.2, 0.25) is 5.02 Å². The molecule has 0 radical (unpaired) electrons. The fourth-order valence-corrected chi connectivity index (χ4v) is 3.50. The summed E-state index contributed by atoms with van der Waals surface area (Å²) in [6.45, 7) is 5.17. The van der Waals surface area contributed by atoms with Gasteiger partial charge in [-0.05, 0) is 48.7 Å². The second-order valence-corrected chi connectivity index (χ2v) is 7.52. The summed E-state index contributed by atoms with van der Waals surface area (Å²) in [5, 5.41) is 0.568. The number of aliphatic imine (C=N–C) groups is 1. The lowest BCUT2D eigenvalue weighted by atomic mass is 9.98. The number of carbonyl (C=O) groups is 1. The SMILES string of the molecule is C=C(C)N=C(N(C)Cc1cncc(N2CCc3cc(Cl)ccc3C2=O)c1)C(F)(F)F. The first kappa shape index (κ1) is 21.8. The van der Waals surface area contributed by atoms with E-state index in [2.05, 4.69) is 16.6 Å². The van der Waals surface area contributed by atoms with Crippen LogP contribution in [-0.4, -0.2) is 41.4 Å². The third-order valence-electron chi connectivity index (χ3n) is 4.57. The van der Waals surface area contributed by atoms with Crippen LogP contribution in [0.4, 0.5) is 18.9 Å². The predicted octanol–water partition coefficient (Wildman–Crippen LogP) is 4.86. The van der Waals surface area contributed by atoms with E-state index in [0.29, 0.717) is 34.8 Å². The van der Waals surface area contributed by atoms with Crippen LogP contribution in [0.15, 0.2) is 53.9 Å². The van der Waals surface area contributed by atoms with Gasteiger partial charge >= 0.3 is 6.18 Å². The molecule has 158 valence electrons. The van der Waals surface area contributed by atoms with Gasteiger partial charge in [-0.3, -0.25) is 9.78 Å². The summed E-state index contributed by atoms with van der Waals surface area (Å²) in [6, 6.07) is 6.78. The molecule has 0 bridgehead atoms. The minimum atomic E-state index is -4.62.